The van der Waals surface area contributed by atoms with Crippen molar-refractivity contribution < 1.29 is 9.53 Å². The van der Waals surface area contributed by atoms with E-state index in [9.17, 15) is 4.79 Å². The number of imidazole rings is 1. The average Bonchev–Trinajstić information content (AvgIpc) is 3.45. The fourth-order valence-electron chi connectivity index (χ4n) is 4.46. The molecule has 1 fully saturated rings. The van der Waals surface area contributed by atoms with Gasteiger partial charge in [-0.25, -0.2) is 15.0 Å². The van der Waals surface area contributed by atoms with Gasteiger partial charge in [-0.15, -0.1) is 0 Å². The standard InChI is InChI=1S/C24H24Cl2N6O2/c1-13(22-30-19-6-5-14(25)8-21(19)31-22)29-23-17-9-18(26)16(10-20(17)27-12-28-23)24(33)32-7-3-4-15(32)11-34-2/h5-6,8-10,12-13,15H,3-4,7,11H2,1-2H3,(H,30,31)(H,27,28,29)/t13-,15-/m1/s1. The second kappa shape index (κ2) is 9.37. The van der Waals surface area contributed by atoms with Gasteiger partial charge >= 0.3 is 0 Å². The van der Waals surface area contributed by atoms with Crippen LogP contribution in [0, 0.1) is 0 Å². The van der Waals surface area contributed by atoms with Crippen molar-refractivity contribution >= 4 is 56.9 Å². The number of H-pyrrole nitrogens is 1. The van der Waals surface area contributed by atoms with E-state index in [0.29, 0.717) is 40.1 Å². The number of carbonyl (C=O) groups is 1. The molecule has 10 heteroatoms. The molecule has 0 spiro atoms. The van der Waals surface area contributed by atoms with Gasteiger partial charge in [-0.3, -0.25) is 4.79 Å². The molecule has 1 saturated heterocycles. The molecule has 5 rings (SSSR count). The van der Waals surface area contributed by atoms with Gasteiger partial charge in [0, 0.05) is 24.1 Å². The third kappa shape index (κ3) is 4.29. The predicted molar refractivity (Wildman–Crippen MR) is 134 cm³/mol. The number of ether oxygens (including phenoxy) is 1. The van der Waals surface area contributed by atoms with E-state index in [1.807, 2.05) is 30.0 Å². The van der Waals surface area contributed by atoms with Gasteiger partial charge in [0.05, 0.1) is 45.8 Å². The molecule has 2 atom stereocenters. The molecule has 34 heavy (non-hydrogen) atoms. The summed E-state index contributed by atoms with van der Waals surface area (Å²) in [5.74, 6) is 1.25. The van der Waals surface area contributed by atoms with Gasteiger partial charge in [0.2, 0.25) is 0 Å². The van der Waals surface area contributed by atoms with Crippen molar-refractivity contribution in [2.45, 2.75) is 31.8 Å². The molecule has 0 aliphatic carbocycles. The monoisotopic (exact) mass is 498 g/mol. The Morgan fingerprint density at radius 2 is 2.12 bits per heavy atom. The summed E-state index contributed by atoms with van der Waals surface area (Å²) in [7, 11) is 1.65. The molecule has 0 unspecified atom stereocenters. The molecule has 8 nitrogen and oxygen atoms in total. The average molecular weight is 499 g/mol. The zero-order chi connectivity index (χ0) is 23.8. The first-order valence-electron chi connectivity index (χ1n) is 11.1. The van der Waals surface area contributed by atoms with Crippen LogP contribution >= 0.6 is 23.2 Å². The molecule has 4 aromatic rings. The number of anilines is 1. The van der Waals surface area contributed by atoms with Crippen LogP contribution in [0.3, 0.4) is 0 Å². The smallest absolute Gasteiger partial charge is 0.255 e. The Morgan fingerprint density at radius 3 is 2.94 bits per heavy atom. The summed E-state index contributed by atoms with van der Waals surface area (Å²) in [6.45, 7) is 3.19. The van der Waals surface area contributed by atoms with Crippen LogP contribution in [-0.2, 0) is 4.74 Å². The van der Waals surface area contributed by atoms with Crippen LogP contribution in [0.1, 0.15) is 42.0 Å². The zero-order valence-electron chi connectivity index (χ0n) is 18.8. The Labute approximate surface area is 206 Å². The van der Waals surface area contributed by atoms with E-state index in [1.54, 1.807) is 19.2 Å². The minimum absolute atomic E-state index is 0.0615. The minimum atomic E-state index is -0.177. The second-order valence-electron chi connectivity index (χ2n) is 8.47. The van der Waals surface area contributed by atoms with Crippen molar-refractivity contribution in [2.24, 2.45) is 0 Å². The molecule has 2 aromatic carbocycles. The van der Waals surface area contributed by atoms with Crippen molar-refractivity contribution in [3.05, 3.63) is 58.1 Å². The number of hydrogen-bond donors (Lipinski definition) is 2. The fourth-order valence-corrected chi connectivity index (χ4v) is 4.88. The topological polar surface area (TPSA) is 96.0 Å². The molecule has 1 amide bonds. The fraction of sp³-hybridized carbons (Fsp3) is 0.333. The number of nitrogens with one attached hydrogen (secondary N) is 2. The minimum Gasteiger partial charge on any atom is -0.383 e. The zero-order valence-corrected chi connectivity index (χ0v) is 20.3. The first kappa shape index (κ1) is 22.8. The molecule has 2 aromatic heterocycles. The Kier molecular flexibility index (Phi) is 6.29. The van der Waals surface area contributed by atoms with E-state index >= 15 is 0 Å². The summed E-state index contributed by atoms with van der Waals surface area (Å²) in [4.78, 5) is 31.8. The SMILES string of the molecule is COC[C@H]1CCCN1C(=O)c1cc2ncnc(N[C@H](C)c3nc4ccc(Cl)cc4[nH]3)c2cc1Cl. The van der Waals surface area contributed by atoms with Crippen LogP contribution in [0.4, 0.5) is 5.82 Å². The maximum absolute atomic E-state index is 13.3. The molecular formula is C24H24Cl2N6O2. The number of rotatable bonds is 6. The number of carbonyl (C=O) groups excluding carboxylic acids is 1. The number of likely N-dealkylation sites (tertiary alicyclic amines) is 1. The van der Waals surface area contributed by atoms with E-state index in [2.05, 4.69) is 25.3 Å². The molecule has 2 N–H and O–H groups in total. The normalized spacial score (nSPS) is 16.9. The van der Waals surface area contributed by atoms with Gasteiger partial charge in [-0.2, -0.15) is 0 Å². The highest BCUT2D eigenvalue weighted by molar-refractivity contribution is 6.35. The third-order valence-corrected chi connectivity index (χ3v) is 6.73. The van der Waals surface area contributed by atoms with E-state index in [0.717, 1.165) is 35.1 Å². The van der Waals surface area contributed by atoms with Crippen molar-refractivity contribution in [3.8, 4) is 0 Å². The van der Waals surface area contributed by atoms with Gasteiger partial charge in [-0.05, 0) is 50.1 Å². The van der Waals surface area contributed by atoms with Gasteiger partial charge < -0.3 is 19.9 Å². The van der Waals surface area contributed by atoms with Crippen molar-refractivity contribution in [3.63, 3.8) is 0 Å². The number of halogens is 2. The van der Waals surface area contributed by atoms with Crippen molar-refractivity contribution in [2.75, 3.05) is 25.6 Å². The van der Waals surface area contributed by atoms with Crippen LogP contribution in [0.5, 0.6) is 0 Å². The molecule has 0 saturated carbocycles. The van der Waals surface area contributed by atoms with E-state index < -0.39 is 0 Å². The van der Waals surface area contributed by atoms with E-state index in [-0.39, 0.29) is 18.0 Å². The number of hydrogen-bond acceptors (Lipinski definition) is 6. The highest BCUT2D eigenvalue weighted by atomic mass is 35.5. The largest absolute Gasteiger partial charge is 0.383 e. The van der Waals surface area contributed by atoms with Gasteiger partial charge in [0.15, 0.2) is 0 Å². The molecule has 0 radical (unpaired) electrons. The summed E-state index contributed by atoms with van der Waals surface area (Å²) in [5.41, 5.74) is 2.77. The number of nitrogens with zero attached hydrogens (tertiary/aromatic N) is 4. The summed E-state index contributed by atoms with van der Waals surface area (Å²) < 4.78 is 5.29. The number of methoxy groups -OCH3 is 1. The van der Waals surface area contributed by atoms with Crippen LogP contribution < -0.4 is 5.32 Å². The highest BCUT2D eigenvalue weighted by Gasteiger charge is 2.30. The van der Waals surface area contributed by atoms with E-state index in [1.165, 1.54) is 6.33 Å². The Morgan fingerprint density at radius 1 is 1.26 bits per heavy atom. The molecule has 3 heterocycles. The van der Waals surface area contributed by atoms with Gasteiger partial charge in [-0.1, -0.05) is 23.2 Å². The van der Waals surface area contributed by atoms with Gasteiger partial charge in [0.1, 0.15) is 18.0 Å². The molecule has 1 aliphatic rings. The lowest BCUT2D eigenvalue weighted by Crippen LogP contribution is -2.38. The Hall–Kier alpha value is -2.94. The third-order valence-electron chi connectivity index (χ3n) is 6.18. The lowest BCUT2D eigenvalue weighted by atomic mass is 10.1. The van der Waals surface area contributed by atoms with Crippen LogP contribution in [0.2, 0.25) is 10.0 Å². The predicted octanol–water partition coefficient (Wildman–Crippen LogP) is 5.24. The first-order valence-corrected chi connectivity index (χ1v) is 11.9. The maximum Gasteiger partial charge on any atom is 0.255 e. The van der Waals surface area contributed by atoms with Gasteiger partial charge in [0.25, 0.3) is 5.91 Å². The molecular weight excluding hydrogens is 475 g/mol. The lowest BCUT2D eigenvalue weighted by molar-refractivity contribution is 0.0631. The Bertz CT molecular complexity index is 1370. The molecule has 176 valence electrons. The van der Waals surface area contributed by atoms with Crippen LogP contribution in [0.15, 0.2) is 36.7 Å². The van der Waals surface area contributed by atoms with E-state index in [4.69, 9.17) is 27.9 Å². The Balaban J connectivity index is 1.43. The number of amides is 1. The quantitative estimate of drug-likeness (QED) is 0.377. The second-order valence-corrected chi connectivity index (χ2v) is 9.31. The summed E-state index contributed by atoms with van der Waals surface area (Å²) in [6.07, 6.45) is 3.35. The summed E-state index contributed by atoms with van der Waals surface area (Å²) in [6, 6.07) is 8.90. The number of benzene rings is 2. The maximum atomic E-state index is 13.3. The molecule has 0 bridgehead atoms. The summed E-state index contributed by atoms with van der Waals surface area (Å²) in [5, 5.41) is 5.12. The number of fused-ring (bicyclic) bond motifs is 2. The lowest BCUT2D eigenvalue weighted by Gasteiger charge is -2.24. The molecule has 1 aliphatic heterocycles. The highest BCUT2D eigenvalue weighted by Crippen LogP contribution is 2.31. The van der Waals surface area contributed by atoms with Crippen molar-refractivity contribution in [1.82, 2.24) is 24.8 Å². The van der Waals surface area contributed by atoms with Crippen LogP contribution in [0.25, 0.3) is 21.9 Å². The van der Waals surface area contributed by atoms with Crippen molar-refractivity contribution in [1.29, 1.82) is 0 Å². The summed E-state index contributed by atoms with van der Waals surface area (Å²) >= 11 is 12.7. The van der Waals surface area contributed by atoms with Crippen LogP contribution in [-0.4, -0.2) is 57.0 Å². The number of aromatic nitrogens is 4. The number of aromatic amines is 1. The first-order chi connectivity index (χ1) is 16.4.